The minimum absolute atomic E-state index is 0.309. The van der Waals surface area contributed by atoms with Crippen LogP contribution in [0.3, 0.4) is 0 Å². The van der Waals surface area contributed by atoms with Crippen molar-refractivity contribution in [3.8, 4) is 0 Å². The molecule has 0 bridgehead atoms. The number of carbonyl (C=O) groups is 1. The Balaban J connectivity index is 2.77. The molecule has 2 N–H and O–H groups in total. The first kappa shape index (κ1) is 13.8. The number of ether oxygens (including phenoxy) is 1. The largest absolute Gasteiger partial charge is 0.465 e. The predicted octanol–water partition coefficient (Wildman–Crippen LogP) is 2.84. The summed E-state index contributed by atoms with van der Waals surface area (Å²) in [6.07, 6.45) is 0.591. The van der Waals surface area contributed by atoms with Crippen molar-refractivity contribution in [2.24, 2.45) is 0 Å². The van der Waals surface area contributed by atoms with Gasteiger partial charge in [-0.25, -0.2) is 4.39 Å². The lowest BCUT2D eigenvalue weighted by molar-refractivity contribution is -0.142. The molecule has 1 rings (SSSR count). The molecule has 0 spiro atoms. The molecule has 0 aliphatic heterocycles. The van der Waals surface area contributed by atoms with E-state index in [-0.39, 0.29) is 11.2 Å². The molecule has 0 aliphatic carbocycles. The average molecular weight is 257 g/mol. The van der Waals surface area contributed by atoms with Gasteiger partial charge in [-0.05, 0) is 31.5 Å². The SMILES string of the molecule is CCOC(=O)C(CC)Sc1ccc(N)cc1F. The molecule has 94 valence electrons. The second kappa shape index (κ2) is 6.49. The van der Waals surface area contributed by atoms with Crippen molar-refractivity contribution in [3.05, 3.63) is 24.0 Å². The summed E-state index contributed by atoms with van der Waals surface area (Å²) in [4.78, 5) is 12.0. The zero-order chi connectivity index (χ0) is 12.8. The van der Waals surface area contributed by atoms with Gasteiger partial charge in [0.25, 0.3) is 0 Å². The van der Waals surface area contributed by atoms with Crippen molar-refractivity contribution in [1.82, 2.24) is 0 Å². The number of esters is 1. The molecule has 0 radical (unpaired) electrons. The number of halogens is 1. The van der Waals surface area contributed by atoms with E-state index in [2.05, 4.69) is 0 Å². The minimum atomic E-state index is -0.405. The Kier molecular flexibility index (Phi) is 5.28. The number of thioether (sulfide) groups is 1. The first-order valence-electron chi connectivity index (χ1n) is 5.46. The van der Waals surface area contributed by atoms with Gasteiger partial charge in [-0.2, -0.15) is 0 Å². The Morgan fingerprint density at radius 3 is 2.76 bits per heavy atom. The zero-order valence-corrected chi connectivity index (χ0v) is 10.7. The van der Waals surface area contributed by atoms with E-state index in [9.17, 15) is 9.18 Å². The molecule has 0 saturated carbocycles. The fourth-order valence-corrected chi connectivity index (χ4v) is 2.25. The topological polar surface area (TPSA) is 52.3 Å². The van der Waals surface area contributed by atoms with Gasteiger partial charge in [0.05, 0.1) is 6.61 Å². The normalized spacial score (nSPS) is 12.2. The second-order valence-electron chi connectivity index (χ2n) is 3.46. The molecule has 0 heterocycles. The van der Waals surface area contributed by atoms with E-state index in [0.717, 1.165) is 0 Å². The number of carbonyl (C=O) groups excluding carboxylic acids is 1. The van der Waals surface area contributed by atoms with Crippen molar-refractivity contribution in [3.63, 3.8) is 0 Å². The number of nitrogen functional groups attached to an aromatic ring is 1. The van der Waals surface area contributed by atoms with Crippen LogP contribution in [-0.2, 0) is 9.53 Å². The lowest BCUT2D eigenvalue weighted by Crippen LogP contribution is -2.19. The highest BCUT2D eigenvalue weighted by Gasteiger charge is 2.20. The van der Waals surface area contributed by atoms with Crippen LogP contribution in [0.2, 0.25) is 0 Å². The summed E-state index contributed by atoms with van der Waals surface area (Å²) >= 11 is 1.17. The van der Waals surface area contributed by atoms with Gasteiger partial charge < -0.3 is 10.5 Å². The molecule has 0 amide bonds. The maximum Gasteiger partial charge on any atom is 0.319 e. The first-order chi connectivity index (χ1) is 8.08. The highest BCUT2D eigenvalue weighted by Crippen LogP contribution is 2.29. The summed E-state index contributed by atoms with van der Waals surface area (Å²) in [5, 5.41) is -0.381. The van der Waals surface area contributed by atoms with E-state index in [1.165, 1.54) is 17.8 Å². The highest BCUT2D eigenvalue weighted by atomic mass is 32.2. The van der Waals surface area contributed by atoms with Crippen molar-refractivity contribution in [2.75, 3.05) is 12.3 Å². The van der Waals surface area contributed by atoms with Crippen LogP contribution in [0.15, 0.2) is 23.1 Å². The molecule has 1 aromatic carbocycles. The molecule has 5 heteroatoms. The van der Waals surface area contributed by atoms with Crippen LogP contribution in [0.5, 0.6) is 0 Å². The molecule has 1 aromatic rings. The van der Waals surface area contributed by atoms with Crippen molar-refractivity contribution < 1.29 is 13.9 Å². The fourth-order valence-electron chi connectivity index (χ4n) is 1.30. The van der Waals surface area contributed by atoms with Crippen LogP contribution in [0.1, 0.15) is 20.3 Å². The molecule has 1 unspecified atom stereocenters. The van der Waals surface area contributed by atoms with E-state index in [1.54, 1.807) is 19.1 Å². The van der Waals surface area contributed by atoms with Gasteiger partial charge in [0.2, 0.25) is 0 Å². The summed E-state index contributed by atoms with van der Waals surface area (Å²) in [6, 6.07) is 4.45. The van der Waals surface area contributed by atoms with Gasteiger partial charge in [0, 0.05) is 10.6 Å². The van der Waals surface area contributed by atoms with Crippen molar-refractivity contribution >= 4 is 23.4 Å². The Hall–Kier alpha value is -1.23. The maximum absolute atomic E-state index is 13.5. The summed E-state index contributed by atoms with van der Waals surface area (Å²) in [5.74, 6) is -0.714. The third kappa shape index (κ3) is 3.93. The van der Waals surface area contributed by atoms with E-state index < -0.39 is 5.82 Å². The van der Waals surface area contributed by atoms with E-state index in [0.29, 0.717) is 23.6 Å². The van der Waals surface area contributed by atoms with Crippen LogP contribution in [0.25, 0.3) is 0 Å². The third-order valence-corrected chi connectivity index (χ3v) is 3.54. The average Bonchev–Trinajstić information content (AvgIpc) is 2.28. The lowest BCUT2D eigenvalue weighted by atomic mass is 10.3. The Labute approximate surface area is 105 Å². The fraction of sp³-hybridized carbons (Fsp3) is 0.417. The standard InChI is InChI=1S/C12H16FNO2S/c1-3-10(12(15)16-4-2)17-11-6-5-8(14)7-9(11)13/h5-7,10H,3-4,14H2,1-2H3. The van der Waals surface area contributed by atoms with Gasteiger partial charge in [0.1, 0.15) is 11.1 Å². The number of anilines is 1. The summed E-state index contributed by atoms with van der Waals surface area (Å²) in [6.45, 7) is 3.95. The molecule has 3 nitrogen and oxygen atoms in total. The molecule has 17 heavy (non-hydrogen) atoms. The van der Waals surface area contributed by atoms with Gasteiger partial charge in [-0.1, -0.05) is 6.92 Å². The Morgan fingerprint density at radius 2 is 2.24 bits per heavy atom. The van der Waals surface area contributed by atoms with Crippen molar-refractivity contribution in [1.29, 1.82) is 0 Å². The first-order valence-corrected chi connectivity index (χ1v) is 6.34. The number of nitrogens with two attached hydrogens (primary N) is 1. The molecule has 0 saturated heterocycles. The monoisotopic (exact) mass is 257 g/mol. The lowest BCUT2D eigenvalue weighted by Gasteiger charge is -2.13. The zero-order valence-electron chi connectivity index (χ0n) is 9.90. The molecular weight excluding hydrogens is 241 g/mol. The van der Waals surface area contributed by atoms with Crippen molar-refractivity contribution in [2.45, 2.75) is 30.4 Å². The Morgan fingerprint density at radius 1 is 1.53 bits per heavy atom. The van der Waals surface area contributed by atoms with Crippen LogP contribution in [0.4, 0.5) is 10.1 Å². The van der Waals surface area contributed by atoms with E-state index in [4.69, 9.17) is 10.5 Å². The highest BCUT2D eigenvalue weighted by molar-refractivity contribution is 8.00. The van der Waals surface area contributed by atoms with Gasteiger partial charge >= 0.3 is 5.97 Å². The number of hydrogen-bond donors (Lipinski definition) is 1. The maximum atomic E-state index is 13.5. The van der Waals surface area contributed by atoms with Gasteiger partial charge in [-0.15, -0.1) is 11.8 Å². The number of hydrogen-bond acceptors (Lipinski definition) is 4. The summed E-state index contributed by atoms with van der Waals surface area (Å²) in [7, 11) is 0. The molecule has 1 atom stereocenters. The number of benzene rings is 1. The molecule has 0 aromatic heterocycles. The summed E-state index contributed by atoms with van der Waals surface area (Å²) in [5.41, 5.74) is 5.83. The quantitative estimate of drug-likeness (QED) is 0.500. The minimum Gasteiger partial charge on any atom is -0.465 e. The van der Waals surface area contributed by atoms with Crippen LogP contribution in [0, 0.1) is 5.82 Å². The second-order valence-corrected chi connectivity index (χ2v) is 4.70. The van der Waals surface area contributed by atoms with Gasteiger partial charge in [0.15, 0.2) is 0 Å². The van der Waals surface area contributed by atoms with Crippen LogP contribution >= 0.6 is 11.8 Å². The molecule has 0 fully saturated rings. The molecule has 0 aliphatic rings. The van der Waals surface area contributed by atoms with Crippen LogP contribution in [-0.4, -0.2) is 17.8 Å². The van der Waals surface area contributed by atoms with E-state index in [1.807, 2.05) is 6.92 Å². The Bertz CT molecular complexity index is 398. The van der Waals surface area contributed by atoms with Crippen LogP contribution < -0.4 is 5.73 Å². The number of rotatable bonds is 5. The smallest absolute Gasteiger partial charge is 0.319 e. The molecular formula is C12H16FNO2S. The van der Waals surface area contributed by atoms with Gasteiger partial charge in [-0.3, -0.25) is 4.79 Å². The third-order valence-electron chi connectivity index (χ3n) is 2.15. The summed E-state index contributed by atoms with van der Waals surface area (Å²) < 4.78 is 18.5. The predicted molar refractivity (Wildman–Crippen MR) is 67.4 cm³/mol. The van der Waals surface area contributed by atoms with E-state index >= 15 is 0 Å².